The predicted octanol–water partition coefficient (Wildman–Crippen LogP) is 4.50. The number of hydrogen-bond donors (Lipinski definition) is 0. The molecule has 3 aromatic rings. The summed E-state index contributed by atoms with van der Waals surface area (Å²) in [5.74, 6) is -0.668. The number of likely N-dealkylation sites (tertiary alicyclic amines) is 1. The molecule has 0 saturated carbocycles. The summed E-state index contributed by atoms with van der Waals surface area (Å²) in [5, 5.41) is 0.550. The number of amides is 1. The summed E-state index contributed by atoms with van der Waals surface area (Å²) < 4.78 is 14.7. The van der Waals surface area contributed by atoms with Gasteiger partial charge in [-0.1, -0.05) is 54.2 Å². The lowest BCUT2D eigenvalue weighted by atomic mass is 9.89. The fraction of sp³-hybridized carbons (Fsp3) is 0.250. The maximum absolute atomic E-state index is 14.7. The van der Waals surface area contributed by atoms with E-state index < -0.39 is 5.82 Å². The molecule has 1 aliphatic rings. The summed E-state index contributed by atoms with van der Waals surface area (Å²) in [5.41, 5.74) is 1.59. The third kappa shape index (κ3) is 5.17. The van der Waals surface area contributed by atoms with Gasteiger partial charge in [0.2, 0.25) is 5.91 Å². The van der Waals surface area contributed by atoms with Crippen LogP contribution in [0.15, 0.2) is 72.1 Å². The number of piperidine rings is 1. The van der Waals surface area contributed by atoms with E-state index in [9.17, 15) is 14.0 Å². The summed E-state index contributed by atoms with van der Waals surface area (Å²) in [6.07, 6.45) is 4.72. The number of halogens is 1. The average Bonchev–Trinajstić information content (AvgIpc) is 2.83. The molecule has 158 valence electrons. The third-order valence-corrected chi connectivity index (χ3v) is 6.21. The van der Waals surface area contributed by atoms with Crippen LogP contribution in [0.3, 0.4) is 0 Å². The second kappa shape index (κ2) is 9.83. The summed E-state index contributed by atoms with van der Waals surface area (Å²) in [4.78, 5) is 35.6. The van der Waals surface area contributed by atoms with Gasteiger partial charge in [-0.15, -0.1) is 0 Å². The molecule has 5 nitrogen and oxygen atoms in total. The second-order valence-electron chi connectivity index (χ2n) is 7.42. The average molecular weight is 436 g/mol. The van der Waals surface area contributed by atoms with Gasteiger partial charge in [0.15, 0.2) is 10.9 Å². The molecule has 2 aromatic carbocycles. The highest BCUT2D eigenvalue weighted by Crippen LogP contribution is 2.27. The minimum absolute atomic E-state index is 0.0411. The van der Waals surface area contributed by atoms with Crippen LogP contribution >= 0.6 is 11.8 Å². The normalized spacial score (nSPS) is 16.2. The summed E-state index contributed by atoms with van der Waals surface area (Å²) in [6, 6.07) is 15.6. The molecule has 2 heterocycles. The van der Waals surface area contributed by atoms with Crippen LogP contribution in [0.25, 0.3) is 11.1 Å². The Hall–Kier alpha value is -3.06. The van der Waals surface area contributed by atoms with Crippen molar-refractivity contribution in [1.29, 1.82) is 0 Å². The Kier molecular flexibility index (Phi) is 6.72. The van der Waals surface area contributed by atoms with Gasteiger partial charge in [0.1, 0.15) is 5.82 Å². The highest BCUT2D eigenvalue weighted by molar-refractivity contribution is 7.99. The first-order valence-electron chi connectivity index (χ1n) is 10.2. The Bertz CT molecular complexity index is 1060. The molecule has 1 aliphatic heterocycles. The van der Waals surface area contributed by atoms with E-state index in [0.717, 1.165) is 12.0 Å². The third-order valence-electron chi connectivity index (χ3n) is 5.35. The molecule has 0 bridgehead atoms. The van der Waals surface area contributed by atoms with E-state index in [1.54, 1.807) is 35.5 Å². The van der Waals surface area contributed by atoms with Gasteiger partial charge in [-0.25, -0.2) is 14.4 Å². The number of benzene rings is 2. The number of aromatic nitrogens is 2. The quantitative estimate of drug-likeness (QED) is 0.324. The fourth-order valence-electron chi connectivity index (χ4n) is 3.75. The highest BCUT2D eigenvalue weighted by Gasteiger charge is 2.29. The molecule has 1 amide bonds. The lowest BCUT2D eigenvalue weighted by Gasteiger charge is -2.32. The Labute approximate surface area is 184 Å². The minimum atomic E-state index is -0.417. The molecular weight excluding hydrogens is 413 g/mol. The molecule has 4 rings (SSSR count). The first kappa shape index (κ1) is 21.2. The number of Topliss-reactive ketones (excluding diaryl/α,β-unsaturated/α-hetero) is 1. The minimum Gasteiger partial charge on any atom is -0.341 e. The Morgan fingerprint density at radius 1 is 1.06 bits per heavy atom. The number of thioether (sulfide) groups is 1. The summed E-state index contributed by atoms with van der Waals surface area (Å²) in [7, 11) is 0. The highest BCUT2D eigenvalue weighted by atomic mass is 32.2. The number of carbonyl (C=O) groups excluding carboxylic acids is 2. The van der Waals surface area contributed by atoms with Gasteiger partial charge in [-0.3, -0.25) is 9.59 Å². The molecule has 1 saturated heterocycles. The first-order chi connectivity index (χ1) is 15.1. The lowest BCUT2D eigenvalue weighted by Crippen LogP contribution is -2.43. The van der Waals surface area contributed by atoms with Gasteiger partial charge < -0.3 is 4.90 Å². The lowest BCUT2D eigenvalue weighted by molar-refractivity contribution is -0.129. The van der Waals surface area contributed by atoms with E-state index >= 15 is 0 Å². The van der Waals surface area contributed by atoms with Crippen LogP contribution in [0, 0.1) is 11.7 Å². The van der Waals surface area contributed by atoms with Gasteiger partial charge in [0.25, 0.3) is 0 Å². The Balaban J connectivity index is 1.40. The van der Waals surface area contributed by atoms with Gasteiger partial charge >= 0.3 is 0 Å². The molecule has 31 heavy (non-hydrogen) atoms. The van der Waals surface area contributed by atoms with Crippen LogP contribution < -0.4 is 0 Å². The van der Waals surface area contributed by atoms with Crippen molar-refractivity contribution in [3.05, 3.63) is 78.4 Å². The summed E-state index contributed by atoms with van der Waals surface area (Å²) in [6.45, 7) is 0.982. The number of nitrogens with zero attached hydrogens (tertiary/aromatic N) is 3. The Morgan fingerprint density at radius 3 is 2.58 bits per heavy atom. The molecule has 0 spiro atoms. The van der Waals surface area contributed by atoms with E-state index in [4.69, 9.17) is 0 Å². The van der Waals surface area contributed by atoms with E-state index in [-0.39, 0.29) is 23.4 Å². The van der Waals surface area contributed by atoms with Gasteiger partial charge in [0.05, 0.1) is 5.75 Å². The first-order valence-corrected chi connectivity index (χ1v) is 11.2. The monoisotopic (exact) mass is 435 g/mol. The number of ketones is 1. The molecule has 1 fully saturated rings. The van der Waals surface area contributed by atoms with E-state index in [2.05, 4.69) is 9.97 Å². The zero-order valence-electron chi connectivity index (χ0n) is 16.9. The zero-order chi connectivity index (χ0) is 21.6. The molecule has 7 heteroatoms. The summed E-state index contributed by atoms with van der Waals surface area (Å²) >= 11 is 1.28. The molecular formula is C24H22FN3O2S. The SMILES string of the molecule is O=C(c1ccc(-c2ccccc2)c(F)c1)C1CCCN(C(=O)CSc2ncccn2)C1. The number of carbonyl (C=O) groups is 2. The van der Waals surface area contributed by atoms with Gasteiger partial charge in [-0.2, -0.15) is 0 Å². The molecule has 0 radical (unpaired) electrons. The molecule has 1 atom stereocenters. The van der Waals surface area contributed by atoms with Crippen LogP contribution in [0.2, 0.25) is 0 Å². The number of rotatable bonds is 6. The van der Waals surface area contributed by atoms with Gasteiger partial charge in [-0.05, 0) is 30.5 Å². The van der Waals surface area contributed by atoms with Crippen molar-refractivity contribution >= 4 is 23.5 Å². The van der Waals surface area contributed by atoms with Crippen LogP contribution in [-0.4, -0.2) is 45.4 Å². The van der Waals surface area contributed by atoms with Crippen LogP contribution in [0.5, 0.6) is 0 Å². The van der Waals surface area contributed by atoms with Crippen molar-refractivity contribution in [3.8, 4) is 11.1 Å². The molecule has 1 aromatic heterocycles. The standard InChI is InChI=1S/C24H22FN3O2S/c25-21-14-18(9-10-20(21)17-6-2-1-3-7-17)23(30)19-8-4-13-28(15-19)22(29)16-31-24-26-11-5-12-27-24/h1-3,5-7,9-12,14,19H,4,8,13,15-16H2. The van der Waals surface area contributed by atoms with E-state index in [1.807, 2.05) is 30.3 Å². The van der Waals surface area contributed by atoms with Crippen molar-refractivity contribution in [1.82, 2.24) is 14.9 Å². The van der Waals surface area contributed by atoms with Crippen molar-refractivity contribution in [3.63, 3.8) is 0 Å². The van der Waals surface area contributed by atoms with Crippen molar-refractivity contribution < 1.29 is 14.0 Å². The molecule has 0 aliphatic carbocycles. The second-order valence-corrected chi connectivity index (χ2v) is 8.37. The van der Waals surface area contributed by atoms with E-state index in [0.29, 0.717) is 35.8 Å². The van der Waals surface area contributed by atoms with Crippen molar-refractivity contribution in [2.75, 3.05) is 18.8 Å². The molecule has 0 N–H and O–H groups in total. The topological polar surface area (TPSA) is 63.2 Å². The Morgan fingerprint density at radius 2 is 1.84 bits per heavy atom. The van der Waals surface area contributed by atoms with Crippen molar-refractivity contribution in [2.45, 2.75) is 18.0 Å². The van der Waals surface area contributed by atoms with Crippen LogP contribution in [0.4, 0.5) is 4.39 Å². The smallest absolute Gasteiger partial charge is 0.233 e. The fourth-order valence-corrected chi connectivity index (χ4v) is 4.46. The number of hydrogen-bond acceptors (Lipinski definition) is 5. The largest absolute Gasteiger partial charge is 0.341 e. The van der Waals surface area contributed by atoms with Crippen LogP contribution in [0.1, 0.15) is 23.2 Å². The zero-order valence-corrected chi connectivity index (χ0v) is 17.7. The van der Waals surface area contributed by atoms with E-state index in [1.165, 1.54) is 17.8 Å². The van der Waals surface area contributed by atoms with Gasteiger partial charge in [0, 0.05) is 42.5 Å². The maximum Gasteiger partial charge on any atom is 0.233 e. The molecule has 1 unspecified atom stereocenters. The maximum atomic E-state index is 14.7. The predicted molar refractivity (Wildman–Crippen MR) is 118 cm³/mol. The van der Waals surface area contributed by atoms with Crippen LogP contribution in [-0.2, 0) is 4.79 Å². The van der Waals surface area contributed by atoms with Crippen molar-refractivity contribution in [2.24, 2.45) is 5.92 Å².